The maximum absolute atomic E-state index is 13.3. The fraction of sp³-hybridized carbons (Fsp3) is 0.400. The van der Waals surface area contributed by atoms with E-state index in [2.05, 4.69) is 25.1 Å². The summed E-state index contributed by atoms with van der Waals surface area (Å²) < 4.78 is 17.7. The highest BCUT2D eigenvalue weighted by Gasteiger charge is 2.28. The van der Waals surface area contributed by atoms with E-state index in [4.69, 9.17) is 31.3 Å². The van der Waals surface area contributed by atoms with E-state index >= 15 is 0 Å². The molecular formula is C35H38ClN5O3S2. The number of carbonyl (C=O) groups excluding carboxylic acids is 1. The Hall–Kier alpha value is -3.34. The van der Waals surface area contributed by atoms with Crippen LogP contribution in [-0.2, 0) is 62.4 Å². The predicted octanol–water partition coefficient (Wildman–Crippen LogP) is 7.60. The van der Waals surface area contributed by atoms with Gasteiger partial charge in [-0.05, 0) is 80.0 Å². The fourth-order valence-corrected chi connectivity index (χ4v) is 9.11. The Bertz CT molecular complexity index is 1990. The second kappa shape index (κ2) is 12.7. The number of hydrogen-bond acceptors (Lipinski definition) is 7. The molecule has 0 amide bonds. The molecule has 1 aliphatic heterocycles. The molecule has 5 aromatic rings. The first-order valence-corrected chi connectivity index (χ1v) is 18.2. The lowest BCUT2D eigenvalue weighted by Crippen LogP contribution is -2.11. The Kier molecular flexibility index (Phi) is 8.63. The number of hydrogen-bond donors (Lipinski definition) is 0. The summed E-state index contributed by atoms with van der Waals surface area (Å²) in [4.78, 5) is 14.5. The highest BCUT2D eigenvalue weighted by molar-refractivity contribution is 7.98. The smallest absolute Gasteiger partial charge is 0.354 e. The predicted molar refractivity (Wildman–Crippen MR) is 186 cm³/mol. The third-order valence-corrected chi connectivity index (χ3v) is 11.6. The second-order valence-electron chi connectivity index (χ2n) is 12.1. The minimum absolute atomic E-state index is 0.359. The molecule has 240 valence electrons. The van der Waals surface area contributed by atoms with E-state index in [9.17, 15) is 4.79 Å². The number of methoxy groups -OCH3 is 1. The number of benzene rings is 2. The zero-order chi connectivity index (χ0) is 32.1. The largest absolute Gasteiger partial charge is 0.493 e. The number of ether oxygens (including phenoxy) is 2. The summed E-state index contributed by atoms with van der Waals surface area (Å²) in [5.74, 6) is 2.93. The highest BCUT2D eigenvalue weighted by Crippen LogP contribution is 2.43. The number of rotatable bonds is 1. The molecule has 11 heteroatoms. The van der Waals surface area contributed by atoms with Crippen LogP contribution in [0.1, 0.15) is 62.8 Å². The molecule has 8 nitrogen and oxygen atoms in total. The Morgan fingerprint density at radius 2 is 1.78 bits per heavy atom. The molecule has 0 saturated carbocycles. The standard InChI is InChI=1S/C35H38ClN5O3S2/c1-20-31-29(38-40(20)3)19-45-17-22-15-23(41(4)37-22)18-46-24-14-21-8-6-9-25(21)30(16-24)44-13-7-10-26-27-11-12-28(36)32(31)33(27)39(2)34(26)35(42)43-5/h11-12,14-16H,6-10,13,17-19H2,1-5H3. The van der Waals surface area contributed by atoms with Gasteiger partial charge in [-0.15, -0.1) is 23.5 Å². The first-order valence-electron chi connectivity index (χ1n) is 15.7. The lowest BCUT2D eigenvalue weighted by molar-refractivity contribution is 0.0589. The van der Waals surface area contributed by atoms with Gasteiger partial charge in [-0.2, -0.15) is 10.2 Å². The topological polar surface area (TPSA) is 76.1 Å². The SMILES string of the molecule is COC(=O)c1c2c3ccc(Cl)c(c3n1C)-c1c(nn(C)c1C)CSCc1cc(n(C)n1)CSc1cc3c(c(c1)OCCC2)CCC3. The molecule has 2 aromatic carbocycles. The van der Waals surface area contributed by atoms with Crippen molar-refractivity contribution in [3.05, 3.63) is 80.5 Å². The number of nitrogens with zero attached hydrogens (tertiary/aromatic N) is 5. The normalized spacial score (nSPS) is 15.3. The van der Waals surface area contributed by atoms with Crippen molar-refractivity contribution in [1.82, 2.24) is 24.1 Å². The Labute approximate surface area is 282 Å². The van der Waals surface area contributed by atoms with Crippen LogP contribution in [-0.4, -0.2) is 43.8 Å². The van der Waals surface area contributed by atoms with E-state index < -0.39 is 0 Å². The third kappa shape index (κ3) is 5.52. The van der Waals surface area contributed by atoms with Gasteiger partial charge in [-0.25, -0.2) is 4.79 Å². The van der Waals surface area contributed by atoms with Gasteiger partial charge >= 0.3 is 5.97 Å². The Morgan fingerprint density at radius 1 is 0.957 bits per heavy atom. The van der Waals surface area contributed by atoms with Crippen LogP contribution in [0.4, 0.5) is 0 Å². The van der Waals surface area contributed by atoms with Crippen molar-refractivity contribution in [2.75, 3.05) is 13.7 Å². The van der Waals surface area contributed by atoms with Crippen molar-refractivity contribution in [3.8, 4) is 16.9 Å². The summed E-state index contributed by atoms with van der Waals surface area (Å²) in [6.07, 6.45) is 4.71. The molecule has 0 radical (unpaired) electrons. The van der Waals surface area contributed by atoms with E-state index in [1.165, 1.54) is 28.8 Å². The van der Waals surface area contributed by atoms with Crippen LogP contribution >= 0.6 is 35.1 Å². The van der Waals surface area contributed by atoms with Crippen LogP contribution in [0.15, 0.2) is 35.2 Å². The quantitative estimate of drug-likeness (QED) is 0.169. The monoisotopic (exact) mass is 675 g/mol. The molecule has 7 rings (SSSR count). The van der Waals surface area contributed by atoms with E-state index in [-0.39, 0.29) is 5.97 Å². The van der Waals surface area contributed by atoms with Crippen LogP contribution in [0.3, 0.4) is 0 Å². The van der Waals surface area contributed by atoms with Gasteiger partial charge in [-0.1, -0.05) is 17.7 Å². The molecule has 1 aliphatic carbocycles. The number of carbonyl (C=O) groups is 1. The van der Waals surface area contributed by atoms with Crippen molar-refractivity contribution in [3.63, 3.8) is 0 Å². The molecule has 0 N–H and O–H groups in total. The number of halogens is 1. The highest BCUT2D eigenvalue weighted by atomic mass is 35.5. The van der Waals surface area contributed by atoms with Crippen LogP contribution in [0.25, 0.3) is 22.0 Å². The minimum atomic E-state index is -0.359. The lowest BCUT2D eigenvalue weighted by Gasteiger charge is -2.14. The van der Waals surface area contributed by atoms with Crippen LogP contribution in [0.2, 0.25) is 5.02 Å². The van der Waals surface area contributed by atoms with Gasteiger partial charge in [0.1, 0.15) is 11.4 Å². The van der Waals surface area contributed by atoms with Crippen molar-refractivity contribution in [2.45, 2.75) is 61.2 Å². The van der Waals surface area contributed by atoms with Gasteiger partial charge in [0.2, 0.25) is 0 Å². The molecule has 3 aromatic heterocycles. The van der Waals surface area contributed by atoms with Crippen molar-refractivity contribution < 1.29 is 14.3 Å². The van der Waals surface area contributed by atoms with Gasteiger partial charge in [0, 0.05) is 71.2 Å². The molecule has 2 aliphatic rings. The molecule has 0 saturated heterocycles. The van der Waals surface area contributed by atoms with E-state index in [1.807, 2.05) is 59.0 Å². The Morgan fingerprint density at radius 3 is 2.61 bits per heavy atom. The van der Waals surface area contributed by atoms with E-state index in [0.717, 1.165) is 87.6 Å². The molecule has 0 spiro atoms. The first-order chi connectivity index (χ1) is 22.2. The van der Waals surface area contributed by atoms with Gasteiger partial charge in [0.15, 0.2) is 0 Å². The number of aryl methyl sites for hydroxylation is 5. The van der Waals surface area contributed by atoms with Gasteiger partial charge in [0.25, 0.3) is 0 Å². The van der Waals surface area contributed by atoms with Gasteiger partial charge in [0.05, 0.1) is 35.6 Å². The second-order valence-corrected chi connectivity index (χ2v) is 14.6. The van der Waals surface area contributed by atoms with Crippen molar-refractivity contribution >= 4 is 52.0 Å². The molecule has 8 bridgehead atoms. The number of esters is 1. The van der Waals surface area contributed by atoms with Gasteiger partial charge < -0.3 is 14.0 Å². The summed E-state index contributed by atoms with van der Waals surface area (Å²) in [6, 6.07) is 10.8. The van der Waals surface area contributed by atoms with Crippen LogP contribution in [0, 0.1) is 6.92 Å². The molecule has 0 unspecified atom stereocenters. The molecular weight excluding hydrogens is 638 g/mol. The molecule has 0 atom stereocenters. The van der Waals surface area contributed by atoms with Crippen molar-refractivity contribution in [2.24, 2.45) is 21.1 Å². The summed E-state index contributed by atoms with van der Waals surface area (Å²) in [5.41, 5.74) is 11.3. The zero-order valence-electron chi connectivity index (χ0n) is 26.9. The van der Waals surface area contributed by atoms with Crippen LogP contribution < -0.4 is 4.74 Å². The molecule has 46 heavy (non-hydrogen) atoms. The number of thioether (sulfide) groups is 2. The van der Waals surface area contributed by atoms with Crippen LogP contribution in [0.5, 0.6) is 5.75 Å². The van der Waals surface area contributed by atoms with Gasteiger partial charge in [-0.3, -0.25) is 9.36 Å². The molecule has 4 heterocycles. The van der Waals surface area contributed by atoms with E-state index in [0.29, 0.717) is 29.5 Å². The average molecular weight is 676 g/mol. The average Bonchev–Trinajstić information content (AvgIpc) is 3.79. The summed E-state index contributed by atoms with van der Waals surface area (Å²) in [7, 11) is 7.36. The zero-order valence-corrected chi connectivity index (χ0v) is 29.3. The summed E-state index contributed by atoms with van der Waals surface area (Å²) in [6.45, 7) is 2.62. The lowest BCUT2D eigenvalue weighted by atomic mass is 9.98. The molecule has 0 fully saturated rings. The number of fused-ring (bicyclic) bond motifs is 8. The Balaban J connectivity index is 1.35. The minimum Gasteiger partial charge on any atom is -0.493 e. The fourth-order valence-electron chi connectivity index (χ4n) is 7.02. The van der Waals surface area contributed by atoms with Crippen molar-refractivity contribution in [1.29, 1.82) is 0 Å². The first kappa shape index (κ1) is 31.3. The third-order valence-electron chi connectivity index (χ3n) is 9.32. The summed E-state index contributed by atoms with van der Waals surface area (Å²) >= 11 is 10.7. The summed E-state index contributed by atoms with van der Waals surface area (Å²) in [5, 5.41) is 11.4. The maximum Gasteiger partial charge on any atom is 0.354 e. The maximum atomic E-state index is 13.3. The van der Waals surface area contributed by atoms with E-state index in [1.54, 1.807) is 11.8 Å². The number of aromatic nitrogens is 5.